The van der Waals surface area contributed by atoms with Gasteiger partial charge < -0.3 is 4.90 Å². The Morgan fingerprint density at radius 3 is 3.10 bits per heavy atom. The number of isocyanates is 1. The molecule has 56 valence electrons. The van der Waals surface area contributed by atoms with E-state index < -0.39 is 0 Å². The molecule has 0 saturated carbocycles. The lowest BCUT2D eigenvalue weighted by molar-refractivity contribution is 0.354. The van der Waals surface area contributed by atoms with Gasteiger partial charge in [-0.05, 0) is 13.0 Å². The SMILES string of the molecule is CCN1CCC(N=C=O)C1. The number of carbonyl (C=O) groups excluding carboxylic acids is 1. The van der Waals surface area contributed by atoms with E-state index in [0.717, 1.165) is 26.1 Å². The van der Waals surface area contributed by atoms with Crippen LogP contribution >= 0.6 is 0 Å². The van der Waals surface area contributed by atoms with E-state index in [2.05, 4.69) is 16.8 Å². The molecule has 0 amide bonds. The van der Waals surface area contributed by atoms with Crippen LogP contribution in [0.3, 0.4) is 0 Å². The molecular formula is C7H12N2O. The molecule has 3 nitrogen and oxygen atoms in total. The Morgan fingerprint density at radius 1 is 1.80 bits per heavy atom. The van der Waals surface area contributed by atoms with E-state index in [-0.39, 0.29) is 6.04 Å². The van der Waals surface area contributed by atoms with E-state index in [1.165, 1.54) is 0 Å². The minimum absolute atomic E-state index is 0.220. The summed E-state index contributed by atoms with van der Waals surface area (Å²) in [5.41, 5.74) is 0. The van der Waals surface area contributed by atoms with Gasteiger partial charge in [0.2, 0.25) is 6.08 Å². The Kier molecular flexibility index (Phi) is 2.60. The van der Waals surface area contributed by atoms with Gasteiger partial charge in [-0.15, -0.1) is 0 Å². The summed E-state index contributed by atoms with van der Waals surface area (Å²) in [6, 6.07) is 0.220. The monoisotopic (exact) mass is 140 g/mol. The van der Waals surface area contributed by atoms with E-state index in [9.17, 15) is 4.79 Å². The summed E-state index contributed by atoms with van der Waals surface area (Å²) in [6.07, 6.45) is 2.62. The van der Waals surface area contributed by atoms with Crippen LogP contribution in [0, 0.1) is 0 Å². The summed E-state index contributed by atoms with van der Waals surface area (Å²) >= 11 is 0. The second-order valence-corrected chi connectivity index (χ2v) is 2.56. The smallest absolute Gasteiger partial charge is 0.235 e. The third kappa shape index (κ3) is 1.66. The van der Waals surface area contributed by atoms with Crippen LogP contribution in [0.15, 0.2) is 4.99 Å². The van der Waals surface area contributed by atoms with Gasteiger partial charge in [-0.2, -0.15) is 0 Å². The summed E-state index contributed by atoms with van der Waals surface area (Å²) in [7, 11) is 0. The summed E-state index contributed by atoms with van der Waals surface area (Å²) < 4.78 is 0. The van der Waals surface area contributed by atoms with Crippen LogP contribution in [0.4, 0.5) is 0 Å². The van der Waals surface area contributed by atoms with E-state index in [4.69, 9.17) is 0 Å². The maximum atomic E-state index is 9.85. The highest BCUT2D eigenvalue weighted by atomic mass is 16.1. The maximum absolute atomic E-state index is 9.85. The molecule has 1 saturated heterocycles. The number of hydrogen-bond acceptors (Lipinski definition) is 3. The predicted molar refractivity (Wildman–Crippen MR) is 38.6 cm³/mol. The zero-order valence-electron chi connectivity index (χ0n) is 6.21. The van der Waals surface area contributed by atoms with Crippen molar-refractivity contribution in [1.82, 2.24) is 4.90 Å². The average Bonchev–Trinajstić information content (AvgIpc) is 2.37. The van der Waals surface area contributed by atoms with Gasteiger partial charge in [0.1, 0.15) is 0 Å². The molecule has 0 aromatic carbocycles. The van der Waals surface area contributed by atoms with Crippen molar-refractivity contribution in [3.8, 4) is 0 Å². The van der Waals surface area contributed by atoms with Crippen LogP contribution in [-0.4, -0.2) is 36.7 Å². The predicted octanol–water partition coefficient (Wildman–Crippen LogP) is 0.416. The second kappa shape index (κ2) is 3.49. The lowest BCUT2D eigenvalue weighted by Crippen LogP contribution is -2.20. The number of nitrogens with zero attached hydrogens (tertiary/aromatic N) is 2. The molecule has 1 aliphatic heterocycles. The molecule has 0 bridgehead atoms. The van der Waals surface area contributed by atoms with Crippen LogP contribution < -0.4 is 0 Å². The molecule has 1 atom stereocenters. The number of aliphatic imine (C=N–C) groups is 1. The highest BCUT2D eigenvalue weighted by Crippen LogP contribution is 2.10. The fourth-order valence-electron chi connectivity index (χ4n) is 1.28. The number of hydrogen-bond donors (Lipinski definition) is 0. The summed E-state index contributed by atoms with van der Waals surface area (Å²) in [4.78, 5) is 15.8. The van der Waals surface area contributed by atoms with Gasteiger partial charge in [0.25, 0.3) is 0 Å². The van der Waals surface area contributed by atoms with Crippen molar-refractivity contribution in [2.75, 3.05) is 19.6 Å². The van der Waals surface area contributed by atoms with Crippen LogP contribution in [0.25, 0.3) is 0 Å². The molecule has 1 rings (SSSR count). The molecule has 1 unspecified atom stereocenters. The van der Waals surface area contributed by atoms with Gasteiger partial charge in [-0.3, -0.25) is 0 Å². The van der Waals surface area contributed by atoms with Crippen LogP contribution in [-0.2, 0) is 4.79 Å². The standard InChI is InChI=1S/C7H12N2O/c1-2-9-4-3-7(5-9)8-6-10/h7H,2-5H2,1H3. The summed E-state index contributed by atoms with van der Waals surface area (Å²) in [5.74, 6) is 0. The van der Waals surface area contributed by atoms with Gasteiger partial charge in [0, 0.05) is 13.1 Å². The first kappa shape index (κ1) is 7.45. The lowest BCUT2D eigenvalue weighted by atomic mass is 10.3. The normalized spacial score (nSPS) is 26.3. The first-order chi connectivity index (χ1) is 4.86. The fourth-order valence-corrected chi connectivity index (χ4v) is 1.28. The minimum atomic E-state index is 0.220. The summed E-state index contributed by atoms with van der Waals surface area (Å²) in [6.45, 7) is 5.19. The Morgan fingerprint density at radius 2 is 2.60 bits per heavy atom. The van der Waals surface area contributed by atoms with Gasteiger partial charge in [-0.1, -0.05) is 6.92 Å². The molecule has 0 radical (unpaired) electrons. The second-order valence-electron chi connectivity index (χ2n) is 2.56. The first-order valence-electron chi connectivity index (χ1n) is 3.66. The molecule has 0 N–H and O–H groups in total. The van der Waals surface area contributed by atoms with Gasteiger partial charge in [-0.25, -0.2) is 9.79 Å². The average molecular weight is 140 g/mol. The largest absolute Gasteiger partial charge is 0.301 e. The van der Waals surface area contributed by atoms with Gasteiger partial charge in [0.05, 0.1) is 6.04 Å². The van der Waals surface area contributed by atoms with Crippen molar-refractivity contribution in [3.63, 3.8) is 0 Å². The molecule has 0 aliphatic carbocycles. The van der Waals surface area contributed by atoms with Crippen molar-refractivity contribution in [2.24, 2.45) is 4.99 Å². The number of rotatable bonds is 2. The van der Waals surface area contributed by atoms with Crippen molar-refractivity contribution < 1.29 is 4.79 Å². The Bertz CT molecular complexity index is 152. The third-order valence-corrected chi connectivity index (χ3v) is 1.93. The molecule has 0 spiro atoms. The number of likely N-dealkylation sites (tertiary alicyclic amines) is 1. The maximum Gasteiger partial charge on any atom is 0.235 e. The van der Waals surface area contributed by atoms with Crippen molar-refractivity contribution in [1.29, 1.82) is 0 Å². The number of likely N-dealkylation sites (N-methyl/N-ethyl adjacent to an activating group) is 1. The van der Waals surface area contributed by atoms with Crippen molar-refractivity contribution in [3.05, 3.63) is 0 Å². The Balaban J connectivity index is 2.35. The molecule has 0 aromatic heterocycles. The molecular weight excluding hydrogens is 128 g/mol. The van der Waals surface area contributed by atoms with Gasteiger partial charge >= 0.3 is 0 Å². The Hall–Kier alpha value is -0.660. The minimum Gasteiger partial charge on any atom is -0.301 e. The fraction of sp³-hybridized carbons (Fsp3) is 0.857. The van der Waals surface area contributed by atoms with Crippen molar-refractivity contribution >= 4 is 6.08 Å². The zero-order chi connectivity index (χ0) is 7.40. The highest BCUT2D eigenvalue weighted by Gasteiger charge is 2.19. The molecule has 3 heteroatoms. The van der Waals surface area contributed by atoms with E-state index in [1.54, 1.807) is 6.08 Å². The highest BCUT2D eigenvalue weighted by molar-refractivity contribution is 5.33. The summed E-state index contributed by atoms with van der Waals surface area (Å²) in [5, 5.41) is 0. The van der Waals surface area contributed by atoms with E-state index in [1.807, 2.05) is 0 Å². The van der Waals surface area contributed by atoms with E-state index >= 15 is 0 Å². The first-order valence-corrected chi connectivity index (χ1v) is 3.66. The van der Waals surface area contributed by atoms with Crippen LogP contribution in [0.2, 0.25) is 0 Å². The van der Waals surface area contributed by atoms with Crippen LogP contribution in [0.1, 0.15) is 13.3 Å². The zero-order valence-corrected chi connectivity index (χ0v) is 6.21. The molecule has 1 aliphatic rings. The topological polar surface area (TPSA) is 32.7 Å². The quantitative estimate of drug-likeness (QED) is 0.411. The van der Waals surface area contributed by atoms with Gasteiger partial charge in [0.15, 0.2) is 0 Å². The molecule has 10 heavy (non-hydrogen) atoms. The lowest BCUT2D eigenvalue weighted by Gasteiger charge is -2.09. The third-order valence-electron chi connectivity index (χ3n) is 1.93. The van der Waals surface area contributed by atoms with Crippen molar-refractivity contribution in [2.45, 2.75) is 19.4 Å². The molecule has 1 heterocycles. The molecule has 0 aromatic rings. The van der Waals surface area contributed by atoms with E-state index in [0.29, 0.717) is 0 Å². The molecule has 1 fully saturated rings. The Labute approximate surface area is 60.7 Å². The van der Waals surface area contributed by atoms with Crippen LogP contribution in [0.5, 0.6) is 0 Å².